The second kappa shape index (κ2) is 10.2. The molecule has 2 N–H and O–H groups in total. The first-order chi connectivity index (χ1) is 18.5. The Morgan fingerprint density at radius 2 is 1.82 bits per heavy atom. The van der Waals surface area contributed by atoms with Crippen molar-refractivity contribution >= 4 is 22.5 Å². The number of aromatic amines is 1. The minimum absolute atomic E-state index is 0.230. The second-order valence-corrected chi connectivity index (χ2v) is 10.9. The van der Waals surface area contributed by atoms with Gasteiger partial charge in [-0.05, 0) is 61.6 Å². The molecule has 0 saturated carbocycles. The van der Waals surface area contributed by atoms with Gasteiger partial charge in [0.15, 0.2) is 0 Å². The number of ether oxygens (including phenoxy) is 1. The highest BCUT2D eigenvalue weighted by Crippen LogP contribution is 2.36. The minimum atomic E-state index is -0.411. The van der Waals surface area contributed by atoms with Gasteiger partial charge in [0, 0.05) is 27.8 Å². The van der Waals surface area contributed by atoms with Gasteiger partial charge in [0.25, 0.3) is 5.91 Å². The van der Waals surface area contributed by atoms with Crippen LogP contribution >= 0.6 is 0 Å². The largest absolute Gasteiger partial charge is 0.377 e. The van der Waals surface area contributed by atoms with E-state index in [4.69, 9.17) is 4.74 Å². The van der Waals surface area contributed by atoms with E-state index in [-0.39, 0.29) is 11.7 Å². The van der Waals surface area contributed by atoms with Gasteiger partial charge in [0.05, 0.1) is 42.5 Å². The fourth-order valence-corrected chi connectivity index (χ4v) is 5.95. The van der Waals surface area contributed by atoms with Crippen molar-refractivity contribution in [3.8, 4) is 11.3 Å². The molecule has 7 heteroatoms. The highest BCUT2D eigenvalue weighted by molar-refractivity contribution is 6.01. The lowest BCUT2D eigenvalue weighted by atomic mass is 9.96. The van der Waals surface area contributed by atoms with Crippen LogP contribution < -0.4 is 10.2 Å². The quantitative estimate of drug-likeness (QED) is 0.307. The fourth-order valence-electron chi connectivity index (χ4n) is 5.95. The van der Waals surface area contributed by atoms with E-state index in [1.807, 2.05) is 12.1 Å². The number of morpholine rings is 1. The zero-order chi connectivity index (χ0) is 26.2. The first kappa shape index (κ1) is 24.6. The maximum absolute atomic E-state index is 14.6. The number of H-pyrrole nitrogens is 1. The Kier molecular flexibility index (Phi) is 6.62. The van der Waals surface area contributed by atoms with Crippen LogP contribution in [-0.4, -0.2) is 41.4 Å². The molecular weight excluding hydrogens is 479 g/mol. The van der Waals surface area contributed by atoms with Crippen LogP contribution in [0.3, 0.4) is 0 Å². The fraction of sp³-hybridized carbons (Fsp3) is 0.355. The van der Waals surface area contributed by atoms with Crippen molar-refractivity contribution in [1.29, 1.82) is 0 Å². The number of rotatable bonds is 7. The van der Waals surface area contributed by atoms with E-state index < -0.39 is 6.04 Å². The van der Waals surface area contributed by atoms with Crippen molar-refractivity contribution in [2.24, 2.45) is 5.92 Å². The third-order valence-corrected chi connectivity index (χ3v) is 7.80. The molecule has 38 heavy (non-hydrogen) atoms. The number of carbonyl (C=O) groups is 1. The molecule has 2 bridgehead atoms. The molecule has 0 radical (unpaired) electrons. The number of nitrogens with zero attached hydrogens (tertiary/aromatic N) is 2. The maximum atomic E-state index is 14.6. The molecule has 1 aromatic heterocycles. The van der Waals surface area contributed by atoms with Crippen molar-refractivity contribution in [3.63, 3.8) is 0 Å². The normalized spacial score (nSPS) is 19.7. The zero-order valence-electron chi connectivity index (χ0n) is 21.8. The molecule has 2 aliphatic heterocycles. The first-order valence-electron chi connectivity index (χ1n) is 13.5. The lowest BCUT2D eigenvalue weighted by Crippen LogP contribution is -2.45. The molecule has 6 nitrogen and oxygen atoms in total. The molecule has 2 unspecified atom stereocenters. The third kappa shape index (κ3) is 4.67. The Labute approximate surface area is 222 Å². The van der Waals surface area contributed by atoms with Crippen LogP contribution in [0.5, 0.6) is 0 Å². The van der Waals surface area contributed by atoms with Crippen molar-refractivity contribution in [3.05, 3.63) is 83.7 Å². The molecule has 3 aromatic carbocycles. The van der Waals surface area contributed by atoms with Crippen molar-refractivity contribution < 1.29 is 13.9 Å². The molecule has 2 fully saturated rings. The molecule has 4 aromatic rings. The summed E-state index contributed by atoms with van der Waals surface area (Å²) in [7, 11) is 0. The number of benzene rings is 3. The summed E-state index contributed by atoms with van der Waals surface area (Å²) in [5, 5.41) is 11.6. The van der Waals surface area contributed by atoms with Crippen LogP contribution in [0.15, 0.2) is 66.7 Å². The third-order valence-electron chi connectivity index (χ3n) is 7.80. The average molecular weight is 513 g/mol. The molecule has 3 heterocycles. The summed E-state index contributed by atoms with van der Waals surface area (Å²) in [5.74, 6) is -0.246. The van der Waals surface area contributed by atoms with Gasteiger partial charge in [-0.3, -0.25) is 9.89 Å². The second-order valence-electron chi connectivity index (χ2n) is 10.9. The van der Waals surface area contributed by atoms with E-state index in [1.165, 1.54) is 24.6 Å². The van der Waals surface area contributed by atoms with Crippen LogP contribution in [0.2, 0.25) is 0 Å². The van der Waals surface area contributed by atoms with E-state index in [9.17, 15) is 9.18 Å². The number of aromatic nitrogens is 2. The van der Waals surface area contributed by atoms with Gasteiger partial charge in [-0.1, -0.05) is 44.2 Å². The summed E-state index contributed by atoms with van der Waals surface area (Å²) in [4.78, 5) is 15.8. The molecule has 2 aliphatic rings. The Morgan fingerprint density at radius 3 is 2.53 bits per heavy atom. The molecular formula is C31H33FN4O2. The molecule has 3 atom stereocenters. The summed E-state index contributed by atoms with van der Waals surface area (Å²) < 4.78 is 20.3. The molecule has 6 rings (SSSR count). The highest BCUT2D eigenvalue weighted by Gasteiger charge is 2.37. The van der Waals surface area contributed by atoms with Gasteiger partial charge in [0.1, 0.15) is 5.82 Å². The number of amides is 1. The predicted octanol–water partition coefficient (Wildman–Crippen LogP) is 6.25. The molecule has 0 aliphatic carbocycles. The Hall–Kier alpha value is -3.71. The SMILES string of the molecule is CC(C)C[C@H](NC(=O)c1ccc2[nH]nc(-c3ccc(N4C5CCC4COC5)cc3)c2c1)c1ccccc1F. The van der Waals surface area contributed by atoms with E-state index in [0.717, 1.165) is 35.4 Å². The van der Waals surface area contributed by atoms with Crippen molar-refractivity contribution in [1.82, 2.24) is 15.5 Å². The summed E-state index contributed by atoms with van der Waals surface area (Å²) in [6.07, 6.45) is 3.00. The number of hydrogen-bond acceptors (Lipinski definition) is 4. The van der Waals surface area contributed by atoms with E-state index in [2.05, 4.69) is 58.5 Å². The summed E-state index contributed by atoms with van der Waals surface area (Å²) in [6, 6.07) is 21.2. The van der Waals surface area contributed by atoms with Crippen LogP contribution in [0, 0.1) is 11.7 Å². The van der Waals surface area contributed by atoms with Crippen LogP contribution in [0.1, 0.15) is 55.1 Å². The monoisotopic (exact) mass is 512 g/mol. The smallest absolute Gasteiger partial charge is 0.251 e. The summed E-state index contributed by atoms with van der Waals surface area (Å²) in [5.41, 5.74) is 4.90. The molecule has 1 amide bonds. The van der Waals surface area contributed by atoms with Gasteiger partial charge in [-0.25, -0.2) is 4.39 Å². The van der Waals surface area contributed by atoms with E-state index >= 15 is 0 Å². The average Bonchev–Trinajstić information content (AvgIpc) is 3.45. The zero-order valence-corrected chi connectivity index (χ0v) is 21.8. The number of fused-ring (bicyclic) bond motifs is 3. The molecule has 196 valence electrons. The van der Waals surface area contributed by atoms with Crippen LogP contribution in [0.4, 0.5) is 10.1 Å². The highest BCUT2D eigenvalue weighted by atomic mass is 19.1. The van der Waals surface area contributed by atoms with E-state index in [0.29, 0.717) is 35.5 Å². The van der Waals surface area contributed by atoms with Gasteiger partial charge in [0.2, 0.25) is 0 Å². The number of hydrogen-bond donors (Lipinski definition) is 2. The first-order valence-corrected chi connectivity index (χ1v) is 13.5. The van der Waals surface area contributed by atoms with E-state index in [1.54, 1.807) is 24.3 Å². The molecule has 0 spiro atoms. The maximum Gasteiger partial charge on any atom is 0.251 e. The Morgan fingerprint density at radius 1 is 1.08 bits per heavy atom. The van der Waals surface area contributed by atoms with Gasteiger partial charge < -0.3 is 15.0 Å². The number of nitrogens with one attached hydrogen (secondary N) is 2. The van der Waals surface area contributed by atoms with Gasteiger partial charge in [-0.2, -0.15) is 5.10 Å². The minimum Gasteiger partial charge on any atom is -0.377 e. The number of halogens is 1. The van der Waals surface area contributed by atoms with Gasteiger partial charge in [-0.15, -0.1) is 0 Å². The summed E-state index contributed by atoms with van der Waals surface area (Å²) >= 11 is 0. The lowest BCUT2D eigenvalue weighted by molar-refractivity contribution is 0.0906. The molecule has 2 saturated heterocycles. The Balaban J connectivity index is 1.26. The van der Waals surface area contributed by atoms with Crippen molar-refractivity contribution in [2.45, 2.75) is 51.2 Å². The van der Waals surface area contributed by atoms with Crippen LogP contribution in [0.25, 0.3) is 22.2 Å². The Bertz CT molecular complexity index is 1430. The van der Waals surface area contributed by atoms with Gasteiger partial charge >= 0.3 is 0 Å². The number of carbonyl (C=O) groups excluding carboxylic acids is 1. The van der Waals surface area contributed by atoms with Crippen molar-refractivity contribution in [2.75, 3.05) is 18.1 Å². The lowest BCUT2D eigenvalue weighted by Gasteiger charge is -2.36. The predicted molar refractivity (Wildman–Crippen MR) is 148 cm³/mol. The topological polar surface area (TPSA) is 70.2 Å². The standard InChI is InChI=1S/C31H33FN4O2/c1-19(2)15-29(25-5-3-4-6-27(25)32)33-31(37)21-9-14-28-26(16-21)30(35-34-28)20-7-10-22(11-8-20)36-23-12-13-24(36)18-38-17-23/h3-11,14,16,19,23-24,29H,12-13,15,17-18H2,1-2H3,(H,33,37)(H,34,35)/t23?,24?,29-/m0/s1. The summed E-state index contributed by atoms with van der Waals surface area (Å²) in [6.45, 7) is 5.72. The number of anilines is 1. The van der Waals surface area contributed by atoms with Crippen LogP contribution in [-0.2, 0) is 4.74 Å².